The normalized spacial score (nSPS) is 31.8. The monoisotopic (exact) mass is 566 g/mol. The van der Waals surface area contributed by atoms with Gasteiger partial charge in [-0.2, -0.15) is 0 Å². The highest BCUT2D eigenvalue weighted by Gasteiger charge is 2.64. The van der Waals surface area contributed by atoms with Gasteiger partial charge in [-0.3, -0.25) is 0 Å². The highest BCUT2D eigenvalue weighted by atomic mass is 14.7. The molecular formula is C43H50. The SMILES string of the molecule is C=C(C)C1=C(C)C[C@@]2(C)[C@H](C)[C@]3(C)C(=C(C)[C@@]2(C)C1=C)C(=C)c1c(ccc(CC2=CC=C(c4ccccc4)C2)c1C)[C@H]3C. The molecule has 222 valence electrons. The van der Waals surface area contributed by atoms with Crippen LogP contribution in [-0.2, 0) is 6.42 Å². The molecule has 43 heavy (non-hydrogen) atoms. The zero-order chi connectivity index (χ0) is 31.2. The van der Waals surface area contributed by atoms with E-state index in [1.165, 1.54) is 72.4 Å². The Labute approximate surface area is 261 Å². The van der Waals surface area contributed by atoms with Gasteiger partial charge < -0.3 is 0 Å². The van der Waals surface area contributed by atoms with Crippen LogP contribution in [0.4, 0.5) is 0 Å². The van der Waals surface area contributed by atoms with E-state index in [2.05, 4.69) is 124 Å². The molecular weight excluding hydrogens is 516 g/mol. The van der Waals surface area contributed by atoms with E-state index >= 15 is 0 Å². The van der Waals surface area contributed by atoms with E-state index in [-0.39, 0.29) is 16.2 Å². The summed E-state index contributed by atoms with van der Waals surface area (Å²) in [7, 11) is 0. The van der Waals surface area contributed by atoms with Crippen LogP contribution in [0.15, 0.2) is 113 Å². The van der Waals surface area contributed by atoms with Crippen LogP contribution in [0.2, 0.25) is 0 Å². The Kier molecular flexibility index (Phi) is 6.78. The minimum absolute atomic E-state index is 0.0137. The molecule has 2 aromatic carbocycles. The standard InChI is InChI=1S/C43H50/c1-25(2)38-26(3)24-41(10)32(9)42(11)29(6)37-21-20-35(22-33-18-19-36(23-33)34-16-14-13-15-17-34)27(4)39(37)28(5)40(42)31(8)43(41,12)30(38)7/h13-21,29,32H,1,5,7,22-24H2,2-4,6,8-12H3/t29-,32+,41+,42-,43-/m1/s1. The fourth-order valence-corrected chi connectivity index (χ4v) is 10.2. The molecule has 0 heteroatoms. The molecule has 0 spiro atoms. The summed E-state index contributed by atoms with van der Waals surface area (Å²) in [4.78, 5) is 0. The van der Waals surface area contributed by atoms with Crippen LogP contribution in [0.25, 0.3) is 11.1 Å². The second kappa shape index (κ2) is 9.82. The van der Waals surface area contributed by atoms with Crippen LogP contribution < -0.4 is 0 Å². The molecule has 0 amide bonds. The molecule has 0 radical (unpaired) electrons. The summed E-state index contributed by atoms with van der Waals surface area (Å²) in [6.45, 7) is 35.9. The van der Waals surface area contributed by atoms with Gasteiger partial charge in [0.15, 0.2) is 0 Å². The van der Waals surface area contributed by atoms with Gasteiger partial charge in [-0.1, -0.05) is 131 Å². The lowest BCUT2D eigenvalue weighted by atomic mass is 9.37. The maximum atomic E-state index is 4.93. The van der Waals surface area contributed by atoms with Crippen molar-refractivity contribution >= 4 is 11.1 Å². The van der Waals surface area contributed by atoms with Gasteiger partial charge in [0.1, 0.15) is 0 Å². The van der Waals surface area contributed by atoms with Gasteiger partial charge in [-0.15, -0.1) is 0 Å². The Hall–Kier alpha value is -3.38. The summed E-state index contributed by atoms with van der Waals surface area (Å²) in [6.07, 6.45) is 7.74. The first-order valence-electron chi connectivity index (χ1n) is 16.2. The summed E-state index contributed by atoms with van der Waals surface area (Å²) in [5.74, 6) is 0.826. The molecule has 0 heterocycles. The Balaban J connectivity index is 1.44. The number of hydrogen-bond acceptors (Lipinski definition) is 0. The minimum atomic E-state index is -0.158. The molecule has 0 unspecified atom stereocenters. The van der Waals surface area contributed by atoms with Gasteiger partial charge in [-0.25, -0.2) is 0 Å². The largest absolute Gasteiger partial charge is 0.0955 e. The Morgan fingerprint density at radius 2 is 1.60 bits per heavy atom. The van der Waals surface area contributed by atoms with E-state index in [4.69, 9.17) is 13.2 Å². The summed E-state index contributed by atoms with van der Waals surface area (Å²) >= 11 is 0. The maximum absolute atomic E-state index is 4.93. The van der Waals surface area contributed by atoms with Crippen LogP contribution in [0.1, 0.15) is 102 Å². The second-order valence-corrected chi connectivity index (χ2v) is 14.9. The van der Waals surface area contributed by atoms with Crippen molar-refractivity contribution in [1.29, 1.82) is 0 Å². The maximum Gasteiger partial charge on any atom is 0.0196 e. The van der Waals surface area contributed by atoms with Crippen molar-refractivity contribution in [1.82, 2.24) is 0 Å². The predicted molar refractivity (Wildman–Crippen MR) is 187 cm³/mol. The summed E-state index contributed by atoms with van der Waals surface area (Å²) in [5.41, 5.74) is 19.1. The van der Waals surface area contributed by atoms with E-state index < -0.39 is 0 Å². The third-order valence-corrected chi connectivity index (χ3v) is 13.1. The van der Waals surface area contributed by atoms with Crippen LogP contribution in [0.3, 0.4) is 0 Å². The van der Waals surface area contributed by atoms with E-state index in [0.29, 0.717) is 11.8 Å². The minimum Gasteiger partial charge on any atom is -0.0955 e. The van der Waals surface area contributed by atoms with Crippen molar-refractivity contribution in [2.75, 3.05) is 0 Å². The molecule has 0 aliphatic heterocycles. The molecule has 0 bridgehead atoms. The molecule has 0 saturated carbocycles. The van der Waals surface area contributed by atoms with Gasteiger partial charge in [0.25, 0.3) is 0 Å². The Morgan fingerprint density at radius 3 is 2.26 bits per heavy atom. The lowest BCUT2D eigenvalue weighted by Gasteiger charge is -2.67. The van der Waals surface area contributed by atoms with Crippen LogP contribution in [0.5, 0.6) is 0 Å². The fraction of sp³-hybridized carbons (Fsp3) is 0.395. The van der Waals surface area contributed by atoms with Gasteiger partial charge in [0, 0.05) is 10.8 Å². The zero-order valence-electron chi connectivity index (χ0n) is 28.1. The van der Waals surface area contributed by atoms with E-state index in [9.17, 15) is 0 Å². The number of allylic oxidation sites excluding steroid dienone is 11. The quantitative estimate of drug-likeness (QED) is 0.345. The van der Waals surface area contributed by atoms with Crippen molar-refractivity contribution < 1.29 is 0 Å². The third kappa shape index (κ3) is 3.81. The number of fused-ring (bicyclic) bond motifs is 3. The summed E-state index contributed by atoms with van der Waals surface area (Å²) in [5, 5.41) is 0. The molecule has 0 nitrogen and oxygen atoms in total. The van der Waals surface area contributed by atoms with Crippen LogP contribution in [-0.4, -0.2) is 0 Å². The van der Waals surface area contributed by atoms with E-state index in [0.717, 1.165) is 24.8 Å². The average molecular weight is 567 g/mol. The fourth-order valence-electron chi connectivity index (χ4n) is 10.2. The molecule has 0 N–H and O–H groups in total. The van der Waals surface area contributed by atoms with E-state index in [1.807, 2.05) is 0 Å². The van der Waals surface area contributed by atoms with Crippen molar-refractivity contribution in [3.05, 3.63) is 141 Å². The van der Waals surface area contributed by atoms with Crippen molar-refractivity contribution in [2.45, 2.75) is 87.5 Å². The molecule has 0 fully saturated rings. The highest BCUT2D eigenvalue weighted by Crippen LogP contribution is 2.74. The molecule has 0 aromatic heterocycles. The first kappa shape index (κ1) is 29.7. The topological polar surface area (TPSA) is 0 Å². The summed E-state index contributed by atoms with van der Waals surface area (Å²) in [6, 6.07) is 15.7. The zero-order valence-corrected chi connectivity index (χ0v) is 28.1. The molecule has 4 aliphatic rings. The lowest BCUT2D eigenvalue weighted by Crippen LogP contribution is -2.58. The number of rotatable bonds is 4. The van der Waals surface area contributed by atoms with Crippen molar-refractivity contribution in [3.8, 4) is 0 Å². The number of benzene rings is 2. The first-order chi connectivity index (χ1) is 20.2. The lowest BCUT2D eigenvalue weighted by molar-refractivity contribution is -0.0260. The average Bonchev–Trinajstić information content (AvgIpc) is 3.43. The van der Waals surface area contributed by atoms with Gasteiger partial charge in [0.2, 0.25) is 0 Å². The second-order valence-electron chi connectivity index (χ2n) is 14.9. The van der Waals surface area contributed by atoms with Gasteiger partial charge >= 0.3 is 0 Å². The molecule has 6 rings (SSSR count). The Bertz CT molecular complexity index is 1730. The predicted octanol–water partition coefficient (Wildman–Crippen LogP) is 11.9. The molecule has 5 atom stereocenters. The number of hydrogen-bond donors (Lipinski definition) is 0. The van der Waals surface area contributed by atoms with Crippen molar-refractivity contribution in [3.63, 3.8) is 0 Å². The highest BCUT2D eigenvalue weighted by molar-refractivity contribution is 5.88. The molecule has 4 aliphatic carbocycles. The first-order valence-corrected chi connectivity index (χ1v) is 16.2. The Morgan fingerprint density at radius 1 is 0.930 bits per heavy atom. The van der Waals surface area contributed by atoms with Gasteiger partial charge in [0.05, 0.1) is 0 Å². The van der Waals surface area contributed by atoms with E-state index in [1.54, 1.807) is 0 Å². The smallest absolute Gasteiger partial charge is 0.0196 e. The van der Waals surface area contributed by atoms with Crippen molar-refractivity contribution in [2.24, 2.45) is 22.2 Å². The molecule has 2 aromatic rings. The summed E-state index contributed by atoms with van der Waals surface area (Å²) < 4.78 is 0. The van der Waals surface area contributed by atoms with Crippen LogP contribution >= 0.6 is 0 Å². The molecule has 0 saturated heterocycles. The third-order valence-electron chi connectivity index (χ3n) is 13.1. The van der Waals surface area contributed by atoms with Gasteiger partial charge in [-0.05, 0) is 120 Å². The van der Waals surface area contributed by atoms with Crippen LogP contribution in [0, 0.1) is 29.1 Å².